The molecule has 5 heteroatoms. The van der Waals surface area contributed by atoms with Crippen LogP contribution in [0.1, 0.15) is 43.8 Å². The number of nitrogens with zero attached hydrogens (tertiary/aromatic N) is 4. The second-order valence-electron chi connectivity index (χ2n) is 6.33. The Morgan fingerprint density at radius 1 is 1.09 bits per heavy atom. The van der Waals surface area contributed by atoms with Crippen molar-refractivity contribution in [1.82, 2.24) is 19.7 Å². The fourth-order valence-corrected chi connectivity index (χ4v) is 3.85. The Morgan fingerprint density at radius 3 is 2.82 bits per heavy atom. The van der Waals surface area contributed by atoms with Crippen molar-refractivity contribution in [2.75, 3.05) is 13.2 Å². The summed E-state index contributed by atoms with van der Waals surface area (Å²) in [5.74, 6) is 3.38. The molecule has 1 atom stereocenters. The molecule has 0 unspecified atom stereocenters. The summed E-state index contributed by atoms with van der Waals surface area (Å²) in [6, 6.07) is 4.03. The molecular formula is C17H22N4O. The summed E-state index contributed by atoms with van der Waals surface area (Å²) < 4.78 is 7.87. The minimum absolute atomic E-state index is 0.532. The lowest BCUT2D eigenvalue weighted by Crippen LogP contribution is -2.23. The summed E-state index contributed by atoms with van der Waals surface area (Å²) in [6.07, 6.45) is 9.70. The molecule has 0 aliphatic carbocycles. The van der Waals surface area contributed by atoms with Gasteiger partial charge in [-0.2, -0.15) is 0 Å². The Labute approximate surface area is 130 Å². The number of hydrogen-bond acceptors (Lipinski definition) is 4. The normalized spacial score (nSPS) is 23.0. The van der Waals surface area contributed by atoms with Gasteiger partial charge < -0.3 is 9.30 Å². The zero-order valence-electron chi connectivity index (χ0n) is 12.8. The molecule has 5 nitrogen and oxygen atoms in total. The van der Waals surface area contributed by atoms with Gasteiger partial charge >= 0.3 is 0 Å². The lowest BCUT2D eigenvalue weighted by Gasteiger charge is -2.28. The van der Waals surface area contributed by atoms with Crippen LogP contribution >= 0.6 is 0 Å². The van der Waals surface area contributed by atoms with E-state index < -0.39 is 0 Å². The lowest BCUT2D eigenvalue weighted by atomic mass is 9.82. The third kappa shape index (κ3) is 2.54. The molecule has 1 fully saturated rings. The van der Waals surface area contributed by atoms with E-state index in [4.69, 9.17) is 4.74 Å². The highest BCUT2D eigenvalue weighted by Gasteiger charge is 2.31. The summed E-state index contributed by atoms with van der Waals surface area (Å²) >= 11 is 0. The first kappa shape index (κ1) is 13.9. The highest BCUT2D eigenvalue weighted by Crippen LogP contribution is 2.38. The van der Waals surface area contributed by atoms with E-state index in [9.17, 15) is 0 Å². The van der Waals surface area contributed by atoms with E-state index >= 15 is 0 Å². The standard InChI is InChI=1S/C17H22N4O/c1-2-9-21-16(14-4-3-8-18-12-14)19-20-17(21)15(5-1)13-6-10-22-11-7-13/h3-4,8,12-13,15H,1-2,5-7,9-11H2/t15-/m0/s1. The van der Waals surface area contributed by atoms with Gasteiger partial charge in [-0.1, -0.05) is 6.42 Å². The zero-order chi connectivity index (χ0) is 14.8. The van der Waals surface area contributed by atoms with Gasteiger partial charge in [0.25, 0.3) is 0 Å². The van der Waals surface area contributed by atoms with Crippen LogP contribution in [0.25, 0.3) is 11.4 Å². The second-order valence-corrected chi connectivity index (χ2v) is 6.33. The van der Waals surface area contributed by atoms with Crippen molar-refractivity contribution in [2.24, 2.45) is 5.92 Å². The molecule has 0 aromatic carbocycles. The summed E-state index contributed by atoms with van der Waals surface area (Å²) in [4.78, 5) is 4.22. The van der Waals surface area contributed by atoms with Crippen molar-refractivity contribution < 1.29 is 4.74 Å². The molecule has 0 spiro atoms. The molecule has 0 radical (unpaired) electrons. The van der Waals surface area contributed by atoms with E-state index in [1.807, 2.05) is 12.3 Å². The van der Waals surface area contributed by atoms with E-state index in [1.165, 1.54) is 25.1 Å². The van der Waals surface area contributed by atoms with Gasteiger partial charge in [-0.25, -0.2) is 0 Å². The van der Waals surface area contributed by atoms with Crippen LogP contribution < -0.4 is 0 Å². The number of rotatable bonds is 2. The summed E-state index contributed by atoms with van der Waals surface area (Å²) in [5.41, 5.74) is 1.06. The first-order valence-electron chi connectivity index (χ1n) is 8.35. The Balaban J connectivity index is 1.70. The minimum atomic E-state index is 0.532. The van der Waals surface area contributed by atoms with E-state index in [0.29, 0.717) is 11.8 Å². The van der Waals surface area contributed by atoms with E-state index in [1.54, 1.807) is 6.20 Å². The van der Waals surface area contributed by atoms with Crippen molar-refractivity contribution >= 4 is 0 Å². The van der Waals surface area contributed by atoms with Crippen molar-refractivity contribution in [3.05, 3.63) is 30.4 Å². The fourth-order valence-electron chi connectivity index (χ4n) is 3.85. The topological polar surface area (TPSA) is 52.8 Å². The van der Waals surface area contributed by atoms with E-state index in [2.05, 4.69) is 25.8 Å². The van der Waals surface area contributed by atoms with Crippen molar-refractivity contribution in [1.29, 1.82) is 0 Å². The van der Waals surface area contributed by atoms with Crippen LogP contribution in [-0.4, -0.2) is 33.0 Å². The zero-order valence-corrected chi connectivity index (χ0v) is 12.8. The molecule has 2 aromatic rings. The molecule has 22 heavy (non-hydrogen) atoms. The van der Waals surface area contributed by atoms with Crippen molar-refractivity contribution in [3.63, 3.8) is 0 Å². The predicted molar refractivity (Wildman–Crippen MR) is 83.4 cm³/mol. The van der Waals surface area contributed by atoms with Crippen LogP contribution in [0.5, 0.6) is 0 Å². The SMILES string of the molecule is c1cncc(-c2nnc3n2CCCC[C@H]3C2CCOCC2)c1. The molecule has 0 amide bonds. The molecule has 116 valence electrons. The molecule has 2 aliphatic rings. The highest BCUT2D eigenvalue weighted by molar-refractivity contribution is 5.53. The van der Waals surface area contributed by atoms with Crippen LogP contribution in [-0.2, 0) is 11.3 Å². The Bertz CT molecular complexity index is 619. The first-order chi connectivity index (χ1) is 10.9. The average molecular weight is 298 g/mol. The number of fused-ring (bicyclic) bond motifs is 1. The summed E-state index contributed by atoms with van der Waals surface area (Å²) in [5, 5.41) is 9.09. The Hall–Kier alpha value is -1.75. The van der Waals surface area contributed by atoms with Gasteiger partial charge in [0.05, 0.1) is 0 Å². The maximum absolute atomic E-state index is 5.53. The predicted octanol–water partition coefficient (Wildman–Crippen LogP) is 3.03. The van der Waals surface area contributed by atoms with Gasteiger partial charge in [0.1, 0.15) is 5.82 Å². The molecule has 0 N–H and O–H groups in total. The number of hydrogen-bond donors (Lipinski definition) is 0. The van der Waals surface area contributed by atoms with Gasteiger partial charge in [0.2, 0.25) is 0 Å². The molecule has 0 saturated carbocycles. The van der Waals surface area contributed by atoms with Crippen LogP contribution in [0.3, 0.4) is 0 Å². The van der Waals surface area contributed by atoms with Gasteiger partial charge in [-0.05, 0) is 43.7 Å². The number of aromatic nitrogens is 4. The molecule has 2 aromatic heterocycles. The van der Waals surface area contributed by atoms with Crippen LogP contribution in [0.4, 0.5) is 0 Å². The largest absolute Gasteiger partial charge is 0.381 e. The van der Waals surface area contributed by atoms with Gasteiger partial charge in [-0.3, -0.25) is 4.98 Å². The van der Waals surface area contributed by atoms with Crippen molar-refractivity contribution in [2.45, 2.75) is 44.6 Å². The molecule has 4 heterocycles. The monoisotopic (exact) mass is 298 g/mol. The molecule has 2 aliphatic heterocycles. The first-order valence-corrected chi connectivity index (χ1v) is 8.35. The third-order valence-corrected chi connectivity index (χ3v) is 5.01. The minimum Gasteiger partial charge on any atom is -0.381 e. The Kier molecular flexibility index (Phi) is 3.89. The Morgan fingerprint density at radius 2 is 2.00 bits per heavy atom. The fraction of sp³-hybridized carbons (Fsp3) is 0.588. The van der Waals surface area contributed by atoms with Crippen molar-refractivity contribution in [3.8, 4) is 11.4 Å². The third-order valence-electron chi connectivity index (χ3n) is 5.01. The number of pyridine rings is 1. The van der Waals surface area contributed by atoms with Crippen LogP contribution in [0.15, 0.2) is 24.5 Å². The maximum Gasteiger partial charge on any atom is 0.165 e. The summed E-state index contributed by atoms with van der Waals surface area (Å²) in [7, 11) is 0. The molecule has 4 rings (SSSR count). The van der Waals surface area contributed by atoms with Crippen LogP contribution in [0.2, 0.25) is 0 Å². The van der Waals surface area contributed by atoms with Gasteiger partial charge in [-0.15, -0.1) is 10.2 Å². The van der Waals surface area contributed by atoms with E-state index in [-0.39, 0.29) is 0 Å². The van der Waals surface area contributed by atoms with Gasteiger partial charge in [0.15, 0.2) is 5.82 Å². The maximum atomic E-state index is 5.53. The molecular weight excluding hydrogens is 276 g/mol. The summed E-state index contributed by atoms with van der Waals surface area (Å²) in [6.45, 7) is 2.81. The van der Waals surface area contributed by atoms with Crippen LogP contribution in [0, 0.1) is 5.92 Å². The molecule has 1 saturated heterocycles. The smallest absolute Gasteiger partial charge is 0.165 e. The molecule has 0 bridgehead atoms. The average Bonchev–Trinajstić information content (AvgIpc) is 2.89. The second kappa shape index (κ2) is 6.16. The van der Waals surface area contributed by atoms with E-state index in [0.717, 1.165) is 44.0 Å². The number of ether oxygens (including phenoxy) is 1. The quantitative estimate of drug-likeness (QED) is 0.855. The highest BCUT2D eigenvalue weighted by atomic mass is 16.5. The lowest BCUT2D eigenvalue weighted by molar-refractivity contribution is 0.0556. The van der Waals surface area contributed by atoms with Gasteiger partial charge in [0, 0.05) is 43.6 Å².